The number of alkyl halides is 2. The molecule has 0 N–H and O–H groups in total. The summed E-state index contributed by atoms with van der Waals surface area (Å²) in [6, 6.07) is 18.6. The van der Waals surface area contributed by atoms with Crippen LogP contribution < -0.4 is 9.47 Å². The van der Waals surface area contributed by atoms with Crippen molar-refractivity contribution in [2.45, 2.75) is 52.1 Å². The van der Waals surface area contributed by atoms with Crippen LogP contribution in [0.2, 0.25) is 0 Å². The van der Waals surface area contributed by atoms with Gasteiger partial charge in [-0.3, -0.25) is 0 Å². The molecule has 0 radical (unpaired) electrons. The van der Waals surface area contributed by atoms with Gasteiger partial charge in [-0.15, -0.1) is 0 Å². The Hall–Kier alpha value is -3.61. The van der Waals surface area contributed by atoms with Gasteiger partial charge in [0, 0.05) is 5.39 Å². The molecular weight excluding hydrogens is 499 g/mol. The normalized spacial score (nSPS) is 11.3. The van der Waals surface area contributed by atoms with E-state index in [0.717, 1.165) is 47.2 Å². The van der Waals surface area contributed by atoms with Crippen molar-refractivity contribution in [3.63, 3.8) is 0 Å². The topological polar surface area (TPSA) is 18.5 Å². The quantitative estimate of drug-likeness (QED) is 0.135. The number of aryl methyl sites for hydroxylation is 2. The summed E-state index contributed by atoms with van der Waals surface area (Å²) in [6.07, 6.45) is 4.89. The molecule has 0 amide bonds. The fraction of sp³-hybridized carbons (Fsp3) is 0.290. The molecule has 0 aliphatic rings. The van der Waals surface area contributed by atoms with Crippen LogP contribution in [-0.2, 0) is 12.8 Å². The SMILES string of the molecule is CCCCCCOc1ccc(-c2ccc3c(F)c(CCc4cc(F)c(OC(F)F)c(F)c4)ccc3c2)cc1. The number of rotatable bonds is 12. The van der Waals surface area contributed by atoms with Crippen molar-refractivity contribution in [2.75, 3.05) is 6.61 Å². The van der Waals surface area contributed by atoms with Crippen LogP contribution in [0.15, 0.2) is 66.7 Å². The Kier molecular flexibility index (Phi) is 9.21. The molecule has 0 saturated carbocycles. The molecule has 2 nitrogen and oxygen atoms in total. The summed E-state index contributed by atoms with van der Waals surface area (Å²) >= 11 is 0. The van der Waals surface area contributed by atoms with Crippen molar-refractivity contribution in [3.05, 3.63) is 95.3 Å². The average Bonchev–Trinajstić information content (AvgIpc) is 2.90. The van der Waals surface area contributed by atoms with E-state index in [1.807, 2.05) is 42.5 Å². The first-order valence-electron chi connectivity index (χ1n) is 12.7. The number of hydrogen-bond donors (Lipinski definition) is 0. The highest BCUT2D eigenvalue weighted by Gasteiger charge is 2.17. The summed E-state index contributed by atoms with van der Waals surface area (Å²) in [5.74, 6) is -3.16. The van der Waals surface area contributed by atoms with E-state index in [1.54, 1.807) is 12.1 Å². The molecule has 0 saturated heterocycles. The van der Waals surface area contributed by atoms with Crippen LogP contribution in [0.4, 0.5) is 22.0 Å². The number of halogens is 5. The summed E-state index contributed by atoms with van der Waals surface area (Å²) < 4.78 is 77.6. The monoisotopic (exact) mass is 528 g/mol. The average molecular weight is 529 g/mol. The molecule has 0 bridgehead atoms. The molecule has 0 aliphatic heterocycles. The predicted molar refractivity (Wildman–Crippen MR) is 139 cm³/mol. The van der Waals surface area contributed by atoms with Crippen LogP contribution in [0.5, 0.6) is 11.5 Å². The fourth-order valence-corrected chi connectivity index (χ4v) is 4.41. The zero-order valence-corrected chi connectivity index (χ0v) is 21.1. The number of benzene rings is 4. The predicted octanol–water partition coefficient (Wildman–Crippen LogP) is 9.27. The van der Waals surface area contributed by atoms with Gasteiger partial charge in [0.05, 0.1) is 6.61 Å². The molecule has 4 aromatic carbocycles. The van der Waals surface area contributed by atoms with Crippen molar-refractivity contribution in [1.82, 2.24) is 0 Å². The first kappa shape index (κ1) is 27.4. The van der Waals surface area contributed by atoms with Gasteiger partial charge in [-0.05, 0) is 77.2 Å². The Balaban J connectivity index is 1.43. The maximum Gasteiger partial charge on any atom is 0.387 e. The van der Waals surface area contributed by atoms with Crippen LogP contribution in [0.3, 0.4) is 0 Å². The molecule has 0 fully saturated rings. The lowest BCUT2D eigenvalue weighted by Gasteiger charge is -2.11. The van der Waals surface area contributed by atoms with Gasteiger partial charge in [0.25, 0.3) is 0 Å². The summed E-state index contributed by atoms with van der Waals surface area (Å²) in [5, 5.41) is 1.17. The van der Waals surface area contributed by atoms with Crippen LogP contribution in [0.1, 0.15) is 43.7 Å². The third kappa shape index (κ3) is 6.82. The van der Waals surface area contributed by atoms with Gasteiger partial charge in [-0.1, -0.05) is 62.6 Å². The molecule has 4 rings (SSSR count). The third-order valence-corrected chi connectivity index (χ3v) is 6.44. The molecule has 0 heterocycles. The number of ether oxygens (including phenoxy) is 2. The Bertz CT molecular complexity index is 1350. The molecule has 7 heteroatoms. The highest BCUT2D eigenvalue weighted by atomic mass is 19.3. The van der Waals surface area contributed by atoms with E-state index in [9.17, 15) is 17.6 Å². The third-order valence-electron chi connectivity index (χ3n) is 6.44. The van der Waals surface area contributed by atoms with Gasteiger partial charge in [0.2, 0.25) is 0 Å². The Morgan fingerprint density at radius 1 is 0.737 bits per heavy atom. The van der Waals surface area contributed by atoms with Gasteiger partial charge < -0.3 is 9.47 Å². The van der Waals surface area contributed by atoms with Gasteiger partial charge in [0.15, 0.2) is 17.4 Å². The van der Waals surface area contributed by atoms with Crippen molar-refractivity contribution in [1.29, 1.82) is 0 Å². The Morgan fingerprint density at radius 2 is 1.45 bits per heavy atom. The lowest BCUT2D eigenvalue weighted by atomic mass is 9.97. The second-order valence-electron chi connectivity index (χ2n) is 9.18. The first-order chi connectivity index (χ1) is 18.4. The van der Waals surface area contributed by atoms with Crippen molar-refractivity contribution < 1.29 is 31.4 Å². The maximum atomic E-state index is 15.3. The van der Waals surface area contributed by atoms with E-state index in [4.69, 9.17) is 4.74 Å². The summed E-state index contributed by atoms with van der Waals surface area (Å²) in [5.41, 5.74) is 2.53. The van der Waals surface area contributed by atoms with Crippen LogP contribution in [0, 0.1) is 17.5 Å². The Labute approximate surface area is 219 Å². The second kappa shape index (κ2) is 12.8. The van der Waals surface area contributed by atoms with Gasteiger partial charge in [-0.25, -0.2) is 13.2 Å². The lowest BCUT2D eigenvalue weighted by Crippen LogP contribution is -2.06. The molecule has 38 heavy (non-hydrogen) atoms. The highest BCUT2D eigenvalue weighted by molar-refractivity contribution is 5.88. The van der Waals surface area contributed by atoms with Crippen molar-refractivity contribution in [2.24, 2.45) is 0 Å². The molecule has 0 atom stereocenters. The van der Waals surface area contributed by atoms with Gasteiger partial charge in [-0.2, -0.15) is 8.78 Å². The van der Waals surface area contributed by atoms with Crippen molar-refractivity contribution >= 4 is 10.8 Å². The number of fused-ring (bicyclic) bond motifs is 1. The van der Waals surface area contributed by atoms with E-state index in [0.29, 0.717) is 17.6 Å². The van der Waals surface area contributed by atoms with E-state index in [1.165, 1.54) is 12.8 Å². The van der Waals surface area contributed by atoms with Crippen LogP contribution in [-0.4, -0.2) is 13.2 Å². The second-order valence-corrected chi connectivity index (χ2v) is 9.18. The molecule has 0 spiro atoms. The van der Waals surface area contributed by atoms with Crippen LogP contribution in [0.25, 0.3) is 21.9 Å². The maximum absolute atomic E-state index is 15.3. The minimum atomic E-state index is -3.34. The molecule has 4 aromatic rings. The minimum absolute atomic E-state index is 0.121. The summed E-state index contributed by atoms with van der Waals surface area (Å²) in [6.45, 7) is -0.470. The molecule has 0 aliphatic carbocycles. The Morgan fingerprint density at radius 3 is 2.13 bits per heavy atom. The van der Waals surface area contributed by atoms with Crippen molar-refractivity contribution in [3.8, 4) is 22.6 Å². The molecule has 0 unspecified atom stereocenters. The van der Waals surface area contributed by atoms with E-state index < -0.39 is 29.8 Å². The fourth-order valence-electron chi connectivity index (χ4n) is 4.41. The number of hydrogen-bond acceptors (Lipinski definition) is 2. The lowest BCUT2D eigenvalue weighted by molar-refractivity contribution is -0.0546. The molecular formula is C31H29F5O2. The first-order valence-corrected chi connectivity index (χ1v) is 12.7. The highest BCUT2D eigenvalue weighted by Crippen LogP contribution is 2.30. The van der Waals surface area contributed by atoms with E-state index in [2.05, 4.69) is 11.7 Å². The zero-order chi connectivity index (χ0) is 27.1. The summed E-state index contributed by atoms with van der Waals surface area (Å²) in [7, 11) is 0. The standard InChI is InChI=1S/C31H29F5O2/c1-2-3-4-5-16-37-25-13-10-21(11-14-25)23-12-15-26-24(19-23)9-8-22(29(26)34)7-6-20-17-27(32)30(28(33)18-20)38-31(35)36/h8-15,17-19,31H,2-7,16H2,1H3. The van der Waals surface area contributed by atoms with E-state index >= 15 is 4.39 Å². The largest absolute Gasteiger partial charge is 0.494 e. The minimum Gasteiger partial charge on any atom is -0.494 e. The number of unbranched alkanes of at least 4 members (excludes halogenated alkanes) is 3. The smallest absolute Gasteiger partial charge is 0.387 e. The van der Waals surface area contributed by atoms with Gasteiger partial charge >= 0.3 is 6.61 Å². The van der Waals surface area contributed by atoms with E-state index in [-0.39, 0.29) is 18.4 Å². The zero-order valence-electron chi connectivity index (χ0n) is 21.1. The molecule has 200 valence electrons. The van der Waals surface area contributed by atoms with Crippen LogP contribution >= 0.6 is 0 Å². The summed E-state index contributed by atoms with van der Waals surface area (Å²) in [4.78, 5) is 0. The van der Waals surface area contributed by atoms with Gasteiger partial charge in [0.1, 0.15) is 11.6 Å². The molecule has 0 aromatic heterocycles.